The molecule has 6 heteroatoms. The van der Waals surface area contributed by atoms with Crippen LogP contribution >= 0.6 is 12.2 Å². The summed E-state index contributed by atoms with van der Waals surface area (Å²) in [7, 11) is 0. The van der Waals surface area contributed by atoms with Crippen molar-refractivity contribution < 1.29 is 4.74 Å². The number of aromatic nitrogens is 2. The molecule has 0 unspecified atom stereocenters. The van der Waals surface area contributed by atoms with E-state index in [2.05, 4.69) is 29.4 Å². The van der Waals surface area contributed by atoms with Gasteiger partial charge in [-0.15, -0.1) is 5.10 Å². The number of nitrogens with zero attached hydrogens (tertiary/aromatic N) is 2. The van der Waals surface area contributed by atoms with E-state index in [1.807, 2.05) is 0 Å². The van der Waals surface area contributed by atoms with Crippen molar-refractivity contribution in [3.63, 3.8) is 0 Å². The molecular weight excluding hydrogens is 272 g/mol. The van der Waals surface area contributed by atoms with E-state index in [9.17, 15) is 0 Å². The molecule has 1 aliphatic rings. The molecule has 0 aliphatic carbocycles. The zero-order chi connectivity index (χ0) is 14.5. The van der Waals surface area contributed by atoms with Crippen molar-refractivity contribution in [1.82, 2.24) is 10.2 Å². The second kappa shape index (κ2) is 6.95. The largest absolute Gasteiger partial charge is 0.389 e. The molecule has 2 rings (SSSR count). The van der Waals surface area contributed by atoms with Gasteiger partial charge in [-0.1, -0.05) is 26.1 Å². The fourth-order valence-corrected chi connectivity index (χ4v) is 2.79. The summed E-state index contributed by atoms with van der Waals surface area (Å²) in [6.45, 7) is 5.72. The van der Waals surface area contributed by atoms with E-state index in [0.29, 0.717) is 11.0 Å². The molecule has 0 aromatic carbocycles. The summed E-state index contributed by atoms with van der Waals surface area (Å²) >= 11 is 5.22. The van der Waals surface area contributed by atoms with Gasteiger partial charge in [-0.3, -0.25) is 0 Å². The number of hydrogen-bond donors (Lipinski definition) is 2. The minimum atomic E-state index is 0.350. The van der Waals surface area contributed by atoms with E-state index in [4.69, 9.17) is 22.7 Å². The SMILES string of the molecule is CCc1nnc(NC2CCOCC2)c(C(N)=S)c1CC. The Labute approximate surface area is 125 Å². The van der Waals surface area contributed by atoms with Crippen LogP contribution in [-0.4, -0.2) is 34.4 Å². The lowest BCUT2D eigenvalue weighted by molar-refractivity contribution is 0.0903. The maximum atomic E-state index is 5.92. The maximum Gasteiger partial charge on any atom is 0.159 e. The molecule has 5 nitrogen and oxygen atoms in total. The lowest BCUT2D eigenvalue weighted by Gasteiger charge is -2.25. The van der Waals surface area contributed by atoms with Gasteiger partial charge in [0, 0.05) is 19.3 Å². The van der Waals surface area contributed by atoms with Crippen LogP contribution in [0.5, 0.6) is 0 Å². The standard InChI is InChI=1S/C14H22N4OS/c1-3-10-11(4-2)17-18-14(12(10)13(15)20)16-9-5-7-19-8-6-9/h9H,3-8H2,1-2H3,(H2,15,20)(H,16,18). The van der Waals surface area contributed by atoms with Gasteiger partial charge in [-0.25, -0.2) is 0 Å². The lowest BCUT2D eigenvalue weighted by Crippen LogP contribution is -2.30. The van der Waals surface area contributed by atoms with Gasteiger partial charge < -0.3 is 15.8 Å². The van der Waals surface area contributed by atoms with Gasteiger partial charge >= 0.3 is 0 Å². The summed E-state index contributed by atoms with van der Waals surface area (Å²) in [6, 6.07) is 0.350. The molecule has 1 aliphatic heterocycles. The first-order valence-electron chi connectivity index (χ1n) is 7.19. The van der Waals surface area contributed by atoms with Gasteiger partial charge in [-0.2, -0.15) is 5.10 Å². The van der Waals surface area contributed by atoms with Crippen molar-refractivity contribution in [2.45, 2.75) is 45.6 Å². The molecule has 0 amide bonds. The number of hydrogen-bond acceptors (Lipinski definition) is 5. The minimum Gasteiger partial charge on any atom is -0.389 e. The molecule has 1 saturated heterocycles. The van der Waals surface area contributed by atoms with E-state index in [1.165, 1.54) is 0 Å². The molecule has 2 heterocycles. The Kier molecular flexibility index (Phi) is 5.25. The van der Waals surface area contributed by atoms with Crippen molar-refractivity contribution in [3.05, 3.63) is 16.8 Å². The third-order valence-electron chi connectivity index (χ3n) is 3.65. The van der Waals surface area contributed by atoms with Gasteiger partial charge in [0.15, 0.2) is 5.82 Å². The van der Waals surface area contributed by atoms with E-state index in [0.717, 1.165) is 61.5 Å². The highest BCUT2D eigenvalue weighted by Gasteiger charge is 2.20. The van der Waals surface area contributed by atoms with Crippen LogP contribution in [0.25, 0.3) is 0 Å². The van der Waals surface area contributed by atoms with Crippen LogP contribution in [0.2, 0.25) is 0 Å². The molecule has 0 bridgehead atoms. The summed E-state index contributed by atoms with van der Waals surface area (Å²) in [5, 5.41) is 12.1. The first-order chi connectivity index (χ1) is 9.67. The summed E-state index contributed by atoms with van der Waals surface area (Å²) < 4.78 is 5.37. The highest BCUT2D eigenvalue weighted by atomic mass is 32.1. The van der Waals surface area contributed by atoms with E-state index < -0.39 is 0 Å². The molecule has 0 radical (unpaired) electrons. The first kappa shape index (κ1) is 15.1. The molecule has 0 atom stereocenters. The van der Waals surface area contributed by atoms with Crippen LogP contribution in [-0.2, 0) is 17.6 Å². The summed E-state index contributed by atoms with van der Waals surface area (Å²) in [6.07, 6.45) is 3.63. The van der Waals surface area contributed by atoms with Crippen molar-refractivity contribution in [2.75, 3.05) is 18.5 Å². The molecule has 110 valence electrons. The van der Waals surface area contributed by atoms with Crippen molar-refractivity contribution >= 4 is 23.0 Å². The predicted octanol–water partition coefficient (Wildman–Crippen LogP) is 1.83. The molecule has 1 aromatic heterocycles. The summed E-state index contributed by atoms with van der Waals surface area (Å²) in [5.74, 6) is 0.721. The molecule has 3 N–H and O–H groups in total. The molecule has 1 fully saturated rings. The van der Waals surface area contributed by atoms with E-state index in [-0.39, 0.29) is 0 Å². The number of rotatable bonds is 5. The Hall–Kier alpha value is -1.27. The Morgan fingerprint density at radius 3 is 2.55 bits per heavy atom. The summed E-state index contributed by atoms with van der Waals surface area (Å²) in [4.78, 5) is 0.390. The lowest BCUT2D eigenvalue weighted by atomic mass is 10.0. The number of thiocarbonyl (C=S) groups is 1. The van der Waals surface area contributed by atoms with Crippen LogP contribution in [0.15, 0.2) is 0 Å². The van der Waals surface area contributed by atoms with Gasteiger partial charge in [0.25, 0.3) is 0 Å². The maximum absolute atomic E-state index is 5.92. The zero-order valence-electron chi connectivity index (χ0n) is 12.1. The smallest absolute Gasteiger partial charge is 0.159 e. The molecule has 1 aromatic rings. The Bertz CT molecular complexity index is 486. The van der Waals surface area contributed by atoms with Crippen LogP contribution in [0.1, 0.15) is 43.5 Å². The van der Waals surface area contributed by atoms with Crippen molar-refractivity contribution in [3.8, 4) is 0 Å². The first-order valence-corrected chi connectivity index (χ1v) is 7.60. The fraction of sp³-hybridized carbons (Fsp3) is 0.643. The predicted molar refractivity (Wildman–Crippen MR) is 84.1 cm³/mol. The number of nitrogens with two attached hydrogens (primary N) is 1. The van der Waals surface area contributed by atoms with Crippen LogP contribution in [0, 0.1) is 0 Å². The van der Waals surface area contributed by atoms with Gasteiger partial charge in [0.1, 0.15) is 4.99 Å². The Morgan fingerprint density at radius 2 is 2.00 bits per heavy atom. The van der Waals surface area contributed by atoms with E-state index >= 15 is 0 Å². The normalized spacial score (nSPS) is 16.1. The topological polar surface area (TPSA) is 73.1 Å². The average molecular weight is 294 g/mol. The average Bonchev–Trinajstić information content (AvgIpc) is 2.47. The summed E-state index contributed by atoms with van der Waals surface area (Å²) in [5.41, 5.74) is 8.88. The van der Waals surface area contributed by atoms with Gasteiger partial charge in [0.05, 0.1) is 11.3 Å². The van der Waals surface area contributed by atoms with Crippen LogP contribution < -0.4 is 11.1 Å². The number of nitrogens with one attached hydrogen (secondary N) is 1. The van der Waals surface area contributed by atoms with E-state index in [1.54, 1.807) is 0 Å². The Morgan fingerprint density at radius 1 is 1.30 bits per heavy atom. The third-order valence-corrected chi connectivity index (χ3v) is 3.86. The number of ether oxygens (including phenoxy) is 1. The molecule has 0 saturated carbocycles. The van der Waals surface area contributed by atoms with Crippen molar-refractivity contribution in [2.24, 2.45) is 5.73 Å². The number of aryl methyl sites for hydroxylation is 1. The van der Waals surface area contributed by atoms with Gasteiger partial charge in [-0.05, 0) is 31.2 Å². The second-order valence-corrected chi connectivity index (χ2v) is 5.39. The highest BCUT2D eigenvalue weighted by Crippen LogP contribution is 2.23. The monoisotopic (exact) mass is 294 g/mol. The molecule has 0 spiro atoms. The third kappa shape index (κ3) is 3.24. The van der Waals surface area contributed by atoms with Crippen LogP contribution in [0.4, 0.5) is 5.82 Å². The highest BCUT2D eigenvalue weighted by molar-refractivity contribution is 7.80. The van der Waals surface area contributed by atoms with Crippen LogP contribution in [0.3, 0.4) is 0 Å². The fourth-order valence-electron chi connectivity index (χ4n) is 2.57. The quantitative estimate of drug-likeness (QED) is 0.807. The second-order valence-electron chi connectivity index (χ2n) is 4.95. The van der Waals surface area contributed by atoms with Gasteiger partial charge in [0.2, 0.25) is 0 Å². The van der Waals surface area contributed by atoms with Crippen molar-refractivity contribution in [1.29, 1.82) is 0 Å². The zero-order valence-corrected chi connectivity index (χ0v) is 12.9. The number of anilines is 1. The molecule has 20 heavy (non-hydrogen) atoms. The Balaban J connectivity index is 2.33. The minimum absolute atomic E-state index is 0.350. The molecular formula is C14H22N4OS.